The lowest BCUT2D eigenvalue weighted by molar-refractivity contribution is -0.385. The molecule has 104 valence electrons. The zero-order chi connectivity index (χ0) is 13.8. The summed E-state index contributed by atoms with van der Waals surface area (Å²) in [6, 6.07) is 5.77. The fourth-order valence-corrected chi connectivity index (χ4v) is 2.97. The molecule has 0 heterocycles. The number of nitro groups is 1. The van der Waals surface area contributed by atoms with Crippen molar-refractivity contribution in [1.29, 1.82) is 0 Å². The Kier molecular flexibility index (Phi) is 4.64. The van der Waals surface area contributed by atoms with Crippen LogP contribution in [0.25, 0.3) is 0 Å². The van der Waals surface area contributed by atoms with Crippen LogP contribution in [0.15, 0.2) is 18.2 Å². The molecular weight excluding hydrogens is 264 g/mol. The van der Waals surface area contributed by atoms with Crippen LogP contribution in [0.1, 0.15) is 37.7 Å². The van der Waals surface area contributed by atoms with Crippen molar-refractivity contribution < 1.29 is 4.92 Å². The number of benzene rings is 1. The third-order valence-electron chi connectivity index (χ3n) is 3.93. The molecule has 0 unspecified atom stereocenters. The largest absolute Gasteiger partial charge is 0.372 e. The molecule has 1 fully saturated rings. The van der Waals surface area contributed by atoms with Crippen molar-refractivity contribution >= 4 is 23.0 Å². The average molecular weight is 283 g/mol. The molecule has 0 bridgehead atoms. The van der Waals surface area contributed by atoms with Gasteiger partial charge in [0.05, 0.1) is 10.8 Å². The van der Waals surface area contributed by atoms with E-state index in [2.05, 4.69) is 11.9 Å². The van der Waals surface area contributed by atoms with Crippen LogP contribution < -0.4 is 4.90 Å². The summed E-state index contributed by atoms with van der Waals surface area (Å²) in [4.78, 5) is 12.8. The predicted octanol–water partition coefficient (Wildman–Crippen LogP) is 4.10. The molecule has 0 aliphatic heterocycles. The van der Waals surface area contributed by atoms with E-state index in [0.717, 1.165) is 5.69 Å². The first-order chi connectivity index (χ1) is 9.13. The van der Waals surface area contributed by atoms with Gasteiger partial charge in [0, 0.05) is 30.4 Å². The van der Waals surface area contributed by atoms with Gasteiger partial charge >= 0.3 is 0 Å². The van der Waals surface area contributed by atoms with E-state index in [1.807, 2.05) is 12.1 Å². The Morgan fingerprint density at radius 1 is 1.37 bits per heavy atom. The maximum atomic E-state index is 10.9. The lowest BCUT2D eigenvalue weighted by atomic mass is 9.94. The minimum Gasteiger partial charge on any atom is -0.372 e. The molecule has 1 saturated carbocycles. The molecular formula is C14H19ClN2O2. The number of rotatable bonds is 4. The second-order valence-electron chi connectivity index (χ2n) is 5.11. The monoisotopic (exact) mass is 282 g/mol. The van der Waals surface area contributed by atoms with E-state index in [1.54, 1.807) is 6.07 Å². The van der Waals surface area contributed by atoms with Crippen molar-refractivity contribution in [2.24, 2.45) is 0 Å². The number of alkyl halides is 1. The van der Waals surface area contributed by atoms with E-state index in [1.165, 1.54) is 32.1 Å². The summed E-state index contributed by atoms with van der Waals surface area (Å²) in [5, 5.41) is 10.9. The Labute approximate surface area is 118 Å². The highest BCUT2D eigenvalue weighted by molar-refractivity contribution is 6.17. The first kappa shape index (κ1) is 14.1. The van der Waals surface area contributed by atoms with Gasteiger partial charge in [-0.05, 0) is 25.0 Å². The summed E-state index contributed by atoms with van der Waals surface area (Å²) in [6.07, 6.45) is 6.25. The molecule has 0 amide bonds. The van der Waals surface area contributed by atoms with Crippen LogP contribution in [0, 0.1) is 10.1 Å². The number of nitrogens with zero attached hydrogens (tertiary/aromatic N) is 2. The van der Waals surface area contributed by atoms with E-state index >= 15 is 0 Å². The van der Waals surface area contributed by atoms with Gasteiger partial charge in [-0.25, -0.2) is 0 Å². The smallest absolute Gasteiger partial charge is 0.273 e. The van der Waals surface area contributed by atoms with Crippen LogP contribution in [0.2, 0.25) is 0 Å². The fourth-order valence-electron chi connectivity index (χ4n) is 2.76. The second kappa shape index (κ2) is 6.24. The second-order valence-corrected chi connectivity index (χ2v) is 5.37. The standard InChI is InChI=1S/C14H19ClN2O2/c1-16(12-5-3-2-4-6-12)13-7-8-14(17(18)19)11(9-13)10-15/h7-9,12H,2-6,10H2,1H3. The highest BCUT2D eigenvalue weighted by Crippen LogP contribution is 2.30. The molecule has 0 spiro atoms. The summed E-state index contributed by atoms with van der Waals surface area (Å²) in [5.74, 6) is 0.169. The first-order valence-corrected chi connectivity index (χ1v) is 7.23. The number of hydrogen-bond donors (Lipinski definition) is 0. The van der Waals surface area contributed by atoms with E-state index < -0.39 is 0 Å². The molecule has 1 aromatic carbocycles. The molecule has 1 aliphatic carbocycles. The van der Waals surface area contributed by atoms with Crippen molar-refractivity contribution in [3.05, 3.63) is 33.9 Å². The lowest BCUT2D eigenvalue weighted by Gasteiger charge is -2.33. The lowest BCUT2D eigenvalue weighted by Crippen LogP contribution is -2.33. The zero-order valence-electron chi connectivity index (χ0n) is 11.1. The van der Waals surface area contributed by atoms with Crippen LogP contribution in [0.4, 0.5) is 11.4 Å². The summed E-state index contributed by atoms with van der Waals surface area (Å²) >= 11 is 5.82. The Hall–Kier alpha value is -1.29. The first-order valence-electron chi connectivity index (χ1n) is 6.69. The number of hydrogen-bond acceptors (Lipinski definition) is 3. The quantitative estimate of drug-likeness (QED) is 0.474. The van der Waals surface area contributed by atoms with E-state index in [-0.39, 0.29) is 16.5 Å². The summed E-state index contributed by atoms with van der Waals surface area (Å²) in [5.41, 5.74) is 1.72. The van der Waals surface area contributed by atoms with Crippen molar-refractivity contribution in [2.75, 3.05) is 11.9 Å². The molecule has 0 atom stereocenters. The zero-order valence-corrected chi connectivity index (χ0v) is 11.9. The van der Waals surface area contributed by atoms with Crippen LogP contribution >= 0.6 is 11.6 Å². The minimum atomic E-state index is -0.373. The van der Waals surface area contributed by atoms with Gasteiger partial charge in [0.1, 0.15) is 0 Å². The van der Waals surface area contributed by atoms with Crippen LogP contribution in [0.5, 0.6) is 0 Å². The Bertz CT molecular complexity index is 459. The van der Waals surface area contributed by atoms with E-state index in [9.17, 15) is 10.1 Å². The topological polar surface area (TPSA) is 46.4 Å². The van der Waals surface area contributed by atoms with Crippen LogP contribution in [-0.4, -0.2) is 18.0 Å². The van der Waals surface area contributed by atoms with Crippen molar-refractivity contribution in [3.8, 4) is 0 Å². The molecule has 4 nitrogen and oxygen atoms in total. The summed E-state index contributed by atoms with van der Waals surface area (Å²) in [6.45, 7) is 0. The Morgan fingerprint density at radius 2 is 2.05 bits per heavy atom. The normalized spacial score (nSPS) is 16.3. The van der Waals surface area contributed by atoms with Gasteiger partial charge in [-0.1, -0.05) is 19.3 Å². The van der Waals surface area contributed by atoms with Gasteiger partial charge in [0.2, 0.25) is 0 Å². The average Bonchev–Trinajstić information content (AvgIpc) is 2.46. The molecule has 2 rings (SSSR count). The van der Waals surface area contributed by atoms with Gasteiger partial charge in [-0.3, -0.25) is 10.1 Å². The molecule has 0 radical (unpaired) electrons. The van der Waals surface area contributed by atoms with Gasteiger partial charge in [0.25, 0.3) is 5.69 Å². The molecule has 5 heteroatoms. The fraction of sp³-hybridized carbons (Fsp3) is 0.571. The van der Waals surface area contributed by atoms with Gasteiger partial charge in [-0.2, -0.15) is 0 Å². The summed E-state index contributed by atoms with van der Waals surface area (Å²) in [7, 11) is 2.06. The molecule has 19 heavy (non-hydrogen) atoms. The molecule has 1 aromatic rings. The van der Waals surface area contributed by atoms with Crippen molar-refractivity contribution in [1.82, 2.24) is 0 Å². The van der Waals surface area contributed by atoms with Gasteiger partial charge < -0.3 is 4.90 Å². The number of anilines is 1. The molecule has 0 N–H and O–H groups in total. The maximum absolute atomic E-state index is 10.9. The minimum absolute atomic E-state index is 0.107. The molecule has 0 aromatic heterocycles. The Balaban J connectivity index is 2.22. The maximum Gasteiger partial charge on any atom is 0.273 e. The van der Waals surface area contributed by atoms with Gasteiger partial charge in [0.15, 0.2) is 0 Å². The third-order valence-corrected chi connectivity index (χ3v) is 4.22. The van der Waals surface area contributed by atoms with Crippen LogP contribution in [0.3, 0.4) is 0 Å². The number of halogens is 1. The summed E-state index contributed by atoms with van der Waals surface area (Å²) < 4.78 is 0. The SMILES string of the molecule is CN(c1ccc([N+](=O)[O-])c(CCl)c1)C1CCCCC1. The van der Waals surface area contributed by atoms with E-state index in [0.29, 0.717) is 11.6 Å². The van der Waals surface area contributed by atoms with E-state index in [4.69, 9.17) is 11.6 Å². The molecule has 0 saturated heterocycles. The van der Waals surface area contributed by atoms with Crippen molar-refractivity contribution in [2.45, 2.75) is 44.0 Å². The highest BCUT2D eigenvalue weighted by Gasteiger charge is 2.20. The third kappa shape index (κ3) is 3.18. The molecule has 1 aliphatic rings. The highest BCUT2D eigenvalue weighted by atomic mass is 35.5. The van der Waals surface area contributed by atoms with Crippen LogP contribution in [-0.2, 0) is 5.88 Å². The predicted molar refractivity (Wildman–Crippen MR) is 77.9 cm³/mol. The van der Waals surface area contributed by atoms with Crippen molar-refractivity contribution in [3.63, 3.8) is 0 Å². The van der Waals surface area contributed by atoms with Gasteiger partial charge in [-0.15, -0.1) is 11.6 Å². The number of nitro benzene ring substituents is 1. The Morgan fingerprint density at radius 3 is 2.63 bits per heavy atom.